The third kappa shape index (κ3) is 3.75. The zero-order chi connectivity index (χ0) is 13.7. The van der Waals surface area contributed by atoms with Gasteiger partial charge in [0.05, 0.1) is 0 Å². The van der Waals surface area contributed by atoms with E-state index in [2.05, 4.69) is 58.2 Å². The van der Waals surface area contributed by atoms with Crippen LogP contribution in [-0.4, -0.2) is 28.1 Å². The molecule has 1 N–H and O–H groups in total. The molecule has 0 aromatic carbocycles. The molecule has 104 valence electrons. The second-order valence-electron chi connectivity index (χ2n) is 4.58. The van der Waals surface area contributed by atoms with Gasteiger partial charge >= 0.3 is 0 Å². The van der Waals surface area contributed by atoms with Gasteiger partial charge in [-0.25, -0.2) is 0 Å². The highest BCUT2D eigenvalue weighted by atomic mass is 32.1. The zero-order valence-electron chi connectivity index (χ0n) is 11.6. The largest absolute Gasteiger partial charge is 0.374 e. The van der Waals surface area contributed by atoms with Crippen LogP contribution in [0.3, 0.4) is 0 Å². The Morgan fingerprint density at radius 1 is 1.47 bits per heavy atom. The summed E-state index contributed by atoms with van der Waals surface area (Å²) in [4.78, 5) is 3.69. The van der Waals surface area contributed by atoms with E-state index < -0.39 is 0 Å². The molecule has 0 aliphatic carbocycles. The first-order chi connectivity index (χ1) is 9.22. The quantitative estimate of drug-likeness (QED) is 0.847. The third-order valence-electron chi connectivity index (χ3n) is 3.11. The predicted molar refractivity (Wildman–Crippen MR) is 82.9 cm³/mol. The number of hydrogen-bond acceptors (Lipinski definition) is 6. The minimum Gasteiger partial charge on any atom is -0.374 e. The second kappa shape index (κ2) is 6.98. The van der Waals surface area contributed by atoms with Crippen LogP contribution in [0.2, 0.25) is 0 Å². The van der Waals surface area contributed by atoms with Crippen LogP contribution >= 0.6 is 22.9 Å². The number of nitrogens with zero attached hydrogens (tertiary/aromatic N) is 3. The molecule has 2 aromatic heterocycles. The fraction of sp³-hybridized carbons (Fsp3) is 0.538. The highest BCUT2D eigenvalue weighted by Crippen LogP contribution is 2.26. The van der Waals surface area contributed by atoms with Crippen molar-refractivity contribution in [3.05, 3.63) is 28.1 Å². The molecule has 2 aromatic rings. The molecule has 0 radical (unpaired) electrons. The summed E-state index contributed by atoms with van der Waals surface area (Å²) in [6.45, 7) is 6.18. The van der Waals surface area contributed by atoms with Gasteiger partial charge in [-0.3, -0.25) is 4.90 Å². The molecule has 0 saturated heterocycles. The van der Waals surface area contributed by atoms with Crippen molar-refractivity contribution in [2.45, 2.75) is 32.9 Å². The van der Waals surface area contributed by atoms with E-state index in [1.807, 2.05) is 0 Å². The van der Waals surface area contributed by atoms with E-state index in [1.165, 1.54) is 16.4 Å². The van der Waals surface area contributed by atoms with E-state index in [0.29, 0.717) is 6.04 Å². The Kier molecular flexibility index (Phi) is 5.30. The van der Waals surface area contributed by atoms with Crippen molar-refractivity contribution in [2.75, 3.05) is 18.9 Å². The first kappa shape index (κ1) is 14.4. The number of thiophene rings is 1. The molecule has 0 amide bonds. The van der Waals surface area contributed by atoms with Crippen molar-refractivity contribution in [1.29, 1.82) is 0 Å². The maximum absolute atomic E-state index is 4.24. The minimum absolute atomic E-state index is 0.403. The van der Waals surface area contributed by atoms with Crippen molar-refractivity contribution in [2.24, 2.45) is 0 Å². The number of aromatic nitrogens is 2. The van der Waals surface area contributed by atoms with Gasteiger partial charge in [0.25, 0.3) is 0 Å². The Hall–Kier alpha value is -0.980. The number of hydrogen-bond donors (Lipinski definition) is 1. The van der Waals surface area contributed by atoms with Crippen molar-refractivity contribution < 1.29 is 0 Å². The summed E-state index contributed by atoms with van der Waals surface area (Å²) in [5.74, 6) is 0. The average molecular weight is 296 g/mol. The van der Waals surface area contributed by atoms with Gasteiger partial charge in [0.2, 0.25) is 0 Å². The number of nitrogens with one attached hydrogen (secondary N) is 1. The fourth-order valence-corrected chi connectivity index (χ4v) is 3.25. The monoisotopic (exact) mass is 296 g/mol. The van der Waals surface area contributed by atoms with E-state index >= 15 is 0 Å². The van der Waals surface area contributed by atoms with Gasteiger partial charge in [0.1, 0.15) is 10.7 Å². The summed E-state index contributed by atoms with van der Waals surface area (Å²) in [6.07, 6.45) is 1.11. The van der Waals surface area contributed by atoms with Gasteiger partial charge in [0.15, 0.2) is 0 Å². The van der Waals surface area contributed by atoms with Crippen LogP contribution in [0.15, 0.2) is 17.5 Å². The van der Waals surface area contributed by atoms with Crippen LogP contribution in [0.4, 0.5) is 5.00 Å². The SMILES string of the molecule is CCCNc1snnc1CN(C)C(C)c1cccs1. The normalized spacial score (nSPS) is 12.8. The van der Waals surface area contributed by atoms with Crippen LogP contribution in [0.25, 0.3) is 0 Å². The van der Waals surface area contributed by atoms with Gasteiger partial charge in [-0.2, -0.15) is 0 Å². The Morgan fingerprint density at radius 3 is 3.00 bits per heavy atom. The summed E-state index contributed by atoms with van der Waals surface area (Å²) in [5.41, 5.74) is 1.05. The van der Waals surface area contributed by atoms with Crippen LogP contribution in [0.5, 0.6) is 0 Å². The van der Waals surface area contributed by atoms with Crippen molar-refractivity contribution >= 4 is 27.9 Å². The molecule has 1 unspecified atom stereocenters. The topological polar surface area (TPSA) is 41.1 Å². The molecule has 0 bridgehead atoms. The molecule has 2 heterocycles. The molecule has 0 fully saturated rings. The number of anilines is 1. The van der Waals surface area contributed by atoms with Crippen LogP contribution in [-0.2, 0) is 6.54 Å². The highest BCUT2D eigenvalue weighted by molar-refractivity contribution is 7.10. The lowest BCUT2D eigenvalue weighted by Gasteiger charge is -2.23. The van der Waals surface area contributed by atoms with Crippen LogP contribution < -0.4 is 5.32 Å². The lowest BCUT2D eigenvalue weighted by atomic mass is 10.2. The second-order valence-corrected chi connectivity index (χ2v) is 6.32. The Morgan fingerprint density at radius 2 is 2.32 bits per heavy atom. The smallest absolute Gasteiger partial charge is 0.134 e. The molecule has 1 atom stereocenters. The van der Waals surface area contributed by atoms with Gasteiger partial charge in [0, 0.05) is 35.5 Å². The molecule has 0 spiro atoms. The van der Waals surface area contributed by atoms with Gasteiger partial charge in [-0.1, -0.05) is 17.5 Å². The maximum Gasteiger partial charge on any atom is 0.134 e. The molecule has 19 heavy (non-hydrogen) atoms. The third-order valence-corrected chi connectivity index (χ3v) is 4.87. The molecule has 6 heteroatoms. The van der Waals surface area contributed by atoms with Gasteiger partial charge < -0.3 is 5.32 Å². The average Bonchev–Trinajstić information content (AvgIpc) is 3.07. The molecular formula is C13H20N4S2. The Bertz CT molecular complexity index is 481. The number of rotatable bonds is 7. The minimum atomic E-state index is 0.403. The highest BCUT2D eigenvalue weighted by Gasteiger charge is 2.16. The summed E-state index contributed by atoms with van der Waals surface area (Å²) in [7, 11) is 2.13. The van der Waals surface area contributed by atoms with Crippen molar-refractivity contribution in [3.63, 3.8) is 0 Å². The molecule has 4 nitrogen and oxygen atoms in total. The van der Waals surface area contributed by atoms with Crippen molar-refractivity contribution in [1.82, 2.24) is 14.5 Å². The lowest BCUT2D eigenvalue weighted by Crippen LogP contribution is -2.22. The molecular weight excluding hydrogens is 276 g/mol. The van der Waals surface area contributed by atoms with Gasteiger partial charge in [-0.05, 0) is 31.8 Å². The van der Waals surface area contributed by atoms with E-state index in [0.717, 1.165) is 30.2 Å². The van der Waals surface area contributed by atoms with Gasteiger partial charge in [-0.15, -0.1) is 16.4 Å². The summed E-state index contributed by atoms with van der Waals surface area (Å²) in [6, 6.07) is 4.69. The summed E-state index contributed by atoms with van der Waals surface area (Å²) < 4.78 is 4.06. The first-order valence-corrected chi connectivity index (χ1v) is 8.16. The van der Waals surface area contributed by atoms with Crippen LogP contribution in [0, 0.1) is 0 Å². The molecule has 2 rings (SSSR count). The Labute approximate surface area is 122 Å². The summed E-state index contributed by atoms with van der Waals surface area (Å²) in [5, 5.41) is 10.9. The lowest BCUT2D eigenvalue weighted by molar-refractivity contribution is 0.254. The first-order valence-electron chi connectivity index (χ1n) is 6.51. The molecule has 0 aliphatic rings. The van der Waals surface area contributed by atoms with E-state index in [9.17, 15) is 0 Å². The van der Waals surface area contributed by atoms with Crippen molar-refractivity contribution in [3.8, 4) is 0 Å². The Balaban J connectivity index is 1.98. The standard InChI is InChI=1S/C13H20N4S2/c1-4-7-14-13-11(15-16-19-13)9-17(3)10(2)12-6-5-8-18-12/h5-6,8,10,14H,4,7,9H2,1-3H3. The van der Waals surface area contributed by atoms with E-state index in [-0.39, 0.29) is 0 Å². The maximum atomic E-state index is 4.24. The van der Waals surface area contributed by atoms with E-state index in [1.54, 1.807) is 11.3 Å². The molecule has 0 saturated carbocycles. The van der Waals surface area contributed by atoms with Crippen LogP contribution in [0.1, 0.15) is 36.9 Å². The zero-order valence-corrected chi connectivity index (χ0v) is 13.2. The summed E-state index contributed by atoms with van der Waals surface area (Å²) >= 11 is 3.24. The fourth-order valence-electron chi connectivity index (χ4n) is 1.80. The predicted octanol–water partition coefficient (Wildman–Crippen LogP) is 3.61. The van der Waals surface area contributed by atoms with E-state index in [4.69, 9.17) is 0 Å². The molecule has 0 aliphatic heterocycles.